The lowest BCUT2D eigenvalue weighted by Gasteiger charge is -2.31. The topological polar surface area (TPSA) is 105 Å². The second-order valence-corrected chi connectivity index (χ2v) is 10.3. The van der Waals surface area contributed by atoms with Gasteiger partial charge in [0.15, 0.2) is 6.10 Å². The zero-order valence-corrected chi connectivity index (χ0v) is 19.2. The molecule has 0 aromatic heterocycles. The average molecular weight is 458 g/mol. The Labute approximate surface area is 188 Å². The SMILES string of the molecule is Cc1ccc(NC(=O)C2CCN(S(=O)(=O)c3ccc4c(c3)NC(=O)[C@H](C)O4)CC2)c(C)c1. The van der Waals surface area contributed by atoms with Crippen LogP contribution in [0.3, 0.4) is 0 Å². The summed E-state index contributed by atoms with van der Waals surface area (Å²) in [6, 6.07) is 10.3. The van der Waals surface area contributed by atoms with E-state index in [2.05, 4.69) is 10.6 Å². The molecule has 2 amide bonds. The van der Waals surface area contributed by atoms with Crippen molar-refractivity contribution in [1.29, 1.82) is 0 Å². The van der Waals surface area contributed by atoms with Gasteiger partial charge in [0.2, 0.25) is 15.9 Å². The molecule has 2 N–H and O–H groups in total. The van der Waals surface area contributed by atoms with Gasteiger partial charge in [-0.05, 0) is 63.4 Å². The van der Waals surface area contributed by atoms with E-state index in [0.29, 0.717) is 24.3 Å². The Morgan fingerprint density at radius 2 is 1.84 bits per heavy atom. The van der Waals surface area contributed by atoms with Crippen molar-refractivity contribution in [2.75, 3.05) is 23.7 Å². The Kier molecular flexibility index (Phi) is 5.96. The fraction of sp³-hybridized carbons (Fsp3) is 0.391. The van der Waals surface area contributed by atoms with Crippen LogP contribution < -0.4 is 15.4 Å². The zero-order chi connectivity index (χ0) is 23.0. The van der Waals surface area contributed by atoms with Crippen LogP contribution in [-0.2, 0) is 19.6 Å². The van der Waals surface area contributed by atoms with Crippen LogP contribution in [0.4, 0.5) is 11.4 Å². The first kappa shape index (κ1) is 22.3. The third-order valence-corrected chi connectivity index (χ3v) is 7.88. The lowest BCUT2D eigenvalue weighted by Crippen LogP contribution is -2.41. The Bertz CT molecular complexity index is 1170. The van der Waals surface area contributed by atoms with Crippen LogP contribution >= 0.6 is 0 Å². The van der Waals surface area contributed by atoms with E-state index in [1.165, 1.54) is 16.4 Å². The molecule has 1 saturated heterocycles. The van der Waals surface area contributed by atoms with E-state index in [9.17, 15) is 18.0 Å². The van der Waals surface area contributed by atoms with Gasteiger partial charge in [-0.25, -0.2) is 8.42 Å². The van der Waals surface area contributed by atoms with Crippen molar-refractivity contribution in [1.82, 2.24) is 4.31 Å². The Hall–Kier alpha value is -2.91. The number of benzene rings is 2. The first-order valence-corrected chi connectivity index (χ1v) is 12.1. The van der Waals surface area contributed by atoms with Crippen LogP contribution in [0.1, 0.15) is 30.9 Å². The molecule has 0 aliphatic carbocycles. The van der Waals surface area contributed by atoms with Gasteiger partial charge >= 0.3 is 0 Å². The summed E-state index contributed by atoms with van der Waals surface area (Å²) < 4.78 is 33.2. The van der Waals surface area contributed by atoms with Crippen LogP contribution in [0.25, 0.3) is 0 Å². The van der Waals surface area contributed by atoms with Gasteiger partial charge in [-0.2, -0.15) is 4.31 Å². The highest BCUT2D eigenvalue weighted by Gasteiger charge is 2.33. The van der Waals surface area contributed by atoms with E-state index in [1.54, 1.807) is 13.0 Å². The van der Waals surface area contributed by atoms with Crippen LogP contribution in [0.15, 0.2) is 41.3 Å². The van der Waals surface area contributed by atoms with Gasteiger partial charge in [-0.3, -0.25) is 9.59 Å². The smallest absolute Gasteiger partial charge is 0.265 e. The summed E-state index contributed by atoms with van der Waals surface area (Å²) in [7, 11) is -3.75. The highest BCUT2D eigenvalue weighted by molar-refractivity contribution is 7.89. The molecule has 32 heavy (non-hydrogen) atoms. The number of carbonyl (C=O) groups is 2. The molecule has 2 heterocycles. The number of nitrogens with zero attached hydrogens (tertiary/aromatic N) is 1. The van der Waals surface area contributed by atoms with E-state index in [1.807, 2.05) is 32.0 Å². The molecule has 0 radical (unpaired) electrons. The number of rotatable bonds is 4. The molecule has 1 fully saturated rings. The Morgan fingerprint density at radius 3 is 2.53 bits per heavy atom. The van der Waals surface area contributed by atoms with Crippen LogP contribution in [-0.4, -0.2) is 43.7 Å². The van der Waals surface area contributed by atoms with E-state index in [4.69, 9.17) is 4.74 Å². The summed E-state index contributed by atoms with van der Waals surface area (Å²) in [5.41, 5.74) is 3.25. The standard InChI is InChI=1S/C23H27N3O5S/c1-14-4-6-19(15(2)12-14)24-23(28)17-8-10-26(11-9-17)32(29,30)18-5-7-21-20(13-18)25-22(27)16(3)31-21/h4-7,12-13,16-17H,8-11H2,1-3H3,(H,24,28)(H,25,27)/t16-/m0/s1. The zero-order valence-electron chi connectivity index (χ0n) is 18.3. The second-order valence-electron chi connectivity index (χ2n) is 8.39. The van der Waals surface area contributed by atoms with Crippen LogP contribution in [0.5, 0.6) is 5.75 Å². The average Bonchev–Trinajstić information content (AvgIpc) is 2.76. The van der Waals surface area contributed by atoms with E-state index in [-0.39, 0.29) is 35.7 Å². The summed E-state index contributed by atoms with van der Waals surface area (Å²) >= 11 is 0. The molecular formula is C23H27N3O5S. The lowest BCUT2D eigenvalue weighted by molar-refractivity contribution is -0.123. The van der Waals surface area contributed by atoms with Crippen molar-refractivity contribution in [2.45, 2.75) is 44.6 Å². The quantitative estimate of drug-likeness (QED) is 0.734. The Morgan fingerprint density at radius 1 is 1.12 bits per heavy atom. The largest absolute Gasteiger partial charge is 0.479 e. The predicted octanol–water partition coefficient (Wildman–Crippen LogP) is 3.06. The Balaban J connectivity index is 1.42. The normalized spacial score (nSPS) is 19.6. The molecule has 8 nitrogen and oxygen atoms in total. The summed E-state index contributed by atoms with van der Waals surface area (Å²) in [6.07, 6.45) is 0.259. The molecule has 2 aromatic rings. The summed E-state index contributed by atoms with van der Waals surface area (Å²) in [5, 5.41) is 5.65. The van der Waals surface area contributed by atoms with Gasteiger partial charge in [0.05, 0.1) is 10.6 Å². The first-order valence-electron chi connectivity index (χ1n) is 10.6. The third-order valence-electron chi connectivity index (χ3n) is 5.98. The molecule has 1 atom stereocenters. The van der Waals surface area contributed by atoms with E-state index >= 15 is 0 Å². The number of piperidine rings is 1. The maximum Gasteiger partial charge on any atom is 0.265 e. The molecule has 2 aliphatic heterocycles. The van der Waals surface area contributed by atoms with Crippen molar-refractivity contribution in [3.05, 3.63) is 47.5 Å². The molecule has 4 rings (SSSR count). The molecule has 0 saturated carbocycles. The molecule has 2 aromatic carbocycles. The number of carbonyl (C=O) groups excluding carboxylic acids is 2. The highest BCUT2D eigenvalue weighted by Crippen LogP contribution is 2.33. The monoisotopic (exact) mass is 457 g/mol. The van der Waals surface area contributed by atoms with Crippen LogP contribution in [0.2, 0.25) is 0 Å². The predicted molar refractivity (Wildman–Crippen MR) is 121 cm³/mol. The number of anilines is 2. The van der Waals surface area contributed by atoms with Gasteiger partial charge in [0.1, 0.15) is 5.75 Å². The number of nitrogens with one attached hydrogen (secondary N) is 2. The maximum atomic E-state index is 13.1. The number of aryl methyl sites for hydroxylation is 2. The minimum Gasteiger partial charge on any atom is -0.479 e. The molecule has 0 spiro atoms. The number of ether oxygens (including phenoxy) is 1. The first-order chi connectivity index (χ1) is 15.1. The van der Waals surface area contributed by atoms with E-state index in [0.717, 1.165) is 16.8 Å². The van der Waals surface area contributed by atoms with Crippen molar-refractivity contribution in [2.24, 2.45) is 5.92 Å². The fourth-order valence-electron chi connectivity index (χ4n) is 4.04. The minimum absolute atomic E-state index is 0.0863. The summed E-state index contributed by atoms with van der Waals surface area (Å²) in [6.45, 7) is 6.08. The number of fused-ring (bicyclic) bond motifs is 1. The van der Waals surface area contributed by atoms with Crippen LogP contribution in [0, 0.1) is 19.8 Å². The number of hydrogen-bond donors (Lipinski definition) is 2. The van der Waals surface area contributed by atoms with Gasteiger partial charge in [0, 0.05) is 24.7 Å². The summed E-state index contributed by atoms with van der Waals surface area (Å²) in [4.78, 5) is 24.7. The second kappa shape index (κ2) is 8.55. The lowest BCUT2D eigenvalue weighted by atomic mass is 9.97. The molecular weight excluding hydrogens is 430 g/mol. The van der Waals surface area contributed by atoms with Gasteiger partial charge in [0.25, 0.3) is 5.91 Å². The highest BCUT2D eigenvalue weighted by atomic mass is 32.2. The number of hydrogen-bond acceptors (Lipinski definition) is 5. The van der Waals surface area contributed by atoms with E-state index < -0.39 is 16.1 Å². The van der Waals surface area contributed by atoms with Crippen molar-refractivity contribution < 1.29 is 22.7 Å². The fourth-order valence-corrected chi connectivity index (χ4v) is 5.54. The van der Waals surface area contributed by atoms with Gasteiger partial charge in [-0.1, -0.05) is 17.7 Å². The molecule has 0 bridgehead atoms. The van der Waals surface area contributed by atoms with Crippen molar-refractivity contribution in [3.63, 3.8) is 0 Å². The minimum atomic E-state index is -3.75. The molecule has 170 valence electrons. The van der Waals surface area contributed by atoms with Crippen molar-refractivity contribution >= 4 is 33.2 Å². The van der Waals surface area contributed by atoms with Gasteiger partial charge < -0.3 is 15.4 Å². The number of sulfonamides is 1. The van der Waals surface area contributed by atoms with Gasteiger partial charge in [-0.15, -0.1) is 0 Å². The third kappa shape index (κ3) is 4.35. The molecule has 9 heteroatoms. The maximum absolute atomic E-state index is 13.1. The van der Waals surface area contributed by atoms with Crippen molar-refractivity contribution in [3.8, 4) is 5.75 Å². The molecule has 2 aliphatic rings. The number of amides is 2. The molecule has 0 unspecified atom stereocenters. The summed E-state index contributed by atoms with van der Waals surface area (Å²) in [5.74, 6) is -0.211.